The molecule has 30 heavy (non-hydrogen) atoms. The van der Waals surface area contributed by atoms with Crippen LogP contribution < -0.4 is 5.32 Å². The van der Waals surface area contributed by atoms with Gasteiger partial charge in [-0.05, 0) is 65.9 Å². The molecule has 0 aliphatic rings. The quantitative estimate of drug-likeness (QED) is 0.415. The molecule has 0 heterocycles. The summed E-state index contributed by atoms with van der Waals surface area (Å²) >= 11 is 5.94. The zero-order valence-electron chi connectivity index (χ0n) is 16.3. The van der Waals surface area contributed by atoms with Gasteiger partial charge in [0.15, 0.2) is 0 Å². The molecule has 3 N–H and O–H groups in total. The van der Waals surface area contributed by atoms with Gasteiger partial charge in [-0.2, -0.15) is 0 Å². The molecule has 156 valence electrons. The van der Waals surface area contributed by atoms with Gasteiger partial charge in [-0.3, -0.25) is 0 Å². The number of hydrogen-bond acceptors (Lipinski definition) is 3. The van der Waals surface area contributed by atoms with Crippen molar-refractivity contribution in [3.8, 4) is 11.1 Å². The summed E-state index contributed by atoms with van der Waals surface area (Å²) < 4.78 is 13.9. The fraction of sp³-hybridized carbons (Fsp3) is 0.208. The fourth-order valence-electron chi connectivity index (χ4n) is 3.22. The van der Waals surface area contributed by atoms with Crippen LogP contribution in [0.15, 0.2) is 66.7 Å². The van der Waals surface area contributed by atoms with Gasteiger partial charge in [0.1, 0.15) is 5.82 Å². The molecule has 0 aliphatic heterocycles. The van der Waals surface area contributed by atoms with E-state index < -0.39 is 17.9 Å². The van der Waals surface area contributed by atoms with Crippen LogP contribution in [0, 0.1) is 5.82 Å². The number of aliphatic hydroxyl groups is 1. The summed E-state index contributed by atoms with van der Waals surface area (Å²) in [6.07, 6.45) is 1.17. The Labute approximate surface area is 180 Å². The third-order valence-electron chi connectivity index (χ3n) is 4.88. The highest BCUT2D eigenvalue weighted by Crippen LogP contribution is 2.23. The molecule has 0 aromatic heterocycles. The smallest absolute Gasteiger partial charge is 0.338 e. The maximum absolute atomic E-state index is 13.9. The number of hydrogen-bond donors (Lipinski definition) is 3. The molecule has 0 unspecified atom stereocenters. The molecule has 0 saturated heterocycles. The Kier molecular flexibility index (Phi) is 7.57. The standard InChI is InChI=1S/C24H23ClFNO3/c25-20-5-1-4-19(13-20)23(28)15-27-12-2-3-16-6-8-17(9-7-16)18-10-11-21(24(29)30)22(26)14-18/h1,4-11,13-14,23,27-28H,2-3,12,15H2,(H,29,30)/t23-/m0/s1. The molecule has 3 aromatic rings. The summed E-state index contributed by atoms with van der Waals surface area (Å²) in [7, 11) is 0. The third kappa shape index (κ3) is 5.89. The van der Waals surface area contributed by atoms with Crippen LogP contribution in [-0.2, 0) is 6.42 Å². The number of carbonyl (C=O) groups is 1. The summed E-state index contributed by atoms with van der Waals surface area (Å²) in [4.78, 5) is 10.9. The summed E-state index contributed by atoms with van der Waals surface area (Å²) in [5, 5.41) is 23.0. The second-order valence-corrected chi connectivity index (χ2v) is 7.51. The highest BCUT2D eigenvalue weighted by atomic mass is 35.5. The van der Waals surface area contributed by atoms with Crippen molar-refractivity contribution in [1.82, 2.24) is 5.32 Å². The van der Waals surface area contributed by atoms with Gasteiger partial charge >= 0.3 is 5.97 Å². The van der Waals surface area contributed by atoms with E-state index in [9.17, 15) is 14.3 Å². The van der Waals surface area contributed by atoms with Crippen LogP contribution in [0.1, 0.15) is 34.0 Å². The van der Waals surface area contributed by atoms with E-state index >= 15 is 0 Å². The minimum Gasteiger partial charge on any atom is -0.478 e. The molecular formula is C24H23ClFNO3. The van der Waals surface area contributed by atoms with E-state index in [0.29, 0.717) is 17.1 Å². The van der Waals surface area contributed by atoms with Gasteiger partial charge in [-0.1, -0.05) is 54.1 Å². The number of carboxylic acid groups (broad SMARTS) is 1. The monoisotopic (exact) mass is 427 g/mol. The topological polar surface area (TPSA) is 69.6 Å². The number of aryl methyl sites for hydroxylation is 1. The van der Waals surface area contributed by atoms with Crippen molar-refractivity contribution < 1.29 is 19.4 Å². The van der Waals surface area contributed by atoms with E-state index in [4.69, 9.17) is 16.7 Å². The van der Waals surface area contributed by atoms with Crippen molar-refractivity contribution in [2.24, 2.45) is 0 Å². The number of aliphatic hydroxyl groups excluding tert-OH is 1. The average Bonchev–Trinajstić information content (AvgIpc) is 2.73. The van der Waals surface area contributed by atoms with Crippen LogP contribution in [0.25, 0.3) is 11.1 Å². The Morgan fingerprint density at radius 1 is 1.03 bits per heavy atom. The predicted octanol–water partition coefficient (Wildman–Crippen LogP) is 5.10. The lowest BCUT2D eigenvalue weighted by Crippen LogP contribution is -2.22. The van der Waals surface area contributed by atoms with Crippen molar-refractivity contribution in [2.45, 2.75) is 18.9 Å². The number of aromatic carboxylic acids is 1. The molecule has 0 aliphatic carbocycles. The number of carboxylic acids is 1. The highest BCUT2D eigenvalue weighted by Gasteiger charge is 2.11. The van der Waals surface area contributed by atoms with Crippen molar-refractivity contribution in [3.63, 3.8) is 0 Å². The third-order valence-corrected chi connectivity index (χ3v) is 5.11. The first kappa shape index (κ1) is 22.0. The SMILES string of the molecule is O=C(O)c1ccc(-c2ccc(CCCNC[C@H](O)c3cccc(Cl)c3)cc2)cc1F. The number of halogens is 2. The lowest BCUT2D eigenvalue weighted by molar-refractivity contribution is 0.0692. The van der Waals surface area contributed by atoms with E-state index in [0.717, 1.165) is 36.1 Å². The van der Waals surface area contributed by atoms with Gasteiger partial charge in [0, 0.05) is 11.6 Å². The van der Waals surface area contributed by atoms with Crippen molar-refractivity contribution in [2.75, 3.05) is 13.1 Å². The van der Waals surface area contributed by atoms with Crippen LogP contribution in [-0.4, -0.2) is 29.3 Å². The van der Waals surface area contributed by atoms with E-state index in [-0.39, 0.29) is 5.56 Å². The van der Waals surface area contributed by atoms with Gasteiger partial charge in [0.2, 0.25) is 0 Å². The minimum absolute atomic E-state index is 0.330. The highest BCUT2D eigenvalue weighted by molar-refractivity contribution is 6.30. The van der Waals surface area contributed by atoms with Gasteiger partial charge < -0.3 is 15.5 Å². The zero-order valence-corrected chi connectivity index (χ0v) is 17.1. The molecule has 1 atom stereocenters. The summed E-state index contributed by atoms with van der Waals surface area (Å²) in [6, 6.07) is 19.1. The van der Waals surface area contributed by atoms with E-state index in [2.05, 4.69) is 5.32 Å². The van der Waals surface area contributed by atoms with Gasteiger partial charge in [0.25, 0.3) is 0 Å². The van der Waals surface area contributed by atoms with Crippen LogP contribution in [0.4, 0.5) is 4.39 Å². The first-order valence-corrected chi connectivity index (χ1v) is 10.1. The maximum atomic E-state index is 13.9. The molecule has 0 saturated carbocycles. The largest absolute Gasteiger partial charge is 0.478 e. The Hall–Kier alpha value is -2.73. The van der Waals surface area contributed by atoms with E-state index in [1.807, 2.05) is 36.4 Å². The molecule has 6 heteroatoms. The Morgan fingerprint density at radius 3 is 2.43 bits per heavy atom. The molecule has 0 fully saturated rings. The molecular weight excluding hydrogens is 405 g/mol. The van der Waals surface area contributed by atoms with Gasteiger partial charge in [0.05, 0.1) is 11.7 Å². The molecule has 3 rings (SSSR count). The number of benzene rings is 3. The zero-order chi connectivity index (χ0) is 21.5. The first-order valence-electron chi connectivity index (χ1n) is 9.70. The predicted molar refractivity (Wildman–Crippen MR) is 116 cm³/mol. The molecule has 4 nitrogen and oxygen atoms in total. The average molecular weight is 428 g/mol. The van der Waals surface area contributed by atoms with Crippen LogP contribution in [0.2, 0.25) is 5.02 Å². The Morgan fingerprint density at radius 2 is 1.77 bits per heavy atom. The van der Waals surface area contributed by atoms with Crippen LogP contribution in [0.5, 0.6) is 0 Å². The van der Waals surface area contributed by atoms with Gasteiger partial charge in [-0.25, -0.2) is 9.18 Å². The molecule has 0 amide bonds. The van der Waals surface area contributed by atoms with Crippen LogP contribution in [0.3, 0.4) is 0 Å². The molecule has 0 spiro atoms. The summed E-state index contributed by atoms with van der Waals surface area (Å²) in [5.74, 6) is -2.02. The second-order valence-electron chi connectivity index (χ2n) is 7.08. The van der Waals surface area contributed by atoms with Crippen molar-refractivity contribution >= 4 is 17.6 Å². The molecule has 0 radical (unpaired) electrons. The summed E-state index contributed by atoms with van der Waals surface area (Å²) in [5.41, 5.74) is 3.08. The molecule has 3 aromatic carbocycles. The Bertz CT molecular complexity index is 1010. The number of rotatable bonds is 9. The van der Waals surface area contributed by atoms with Crippen molar-refractivity contribution in [1.29, 1.82) is 0 Å². The lowest BCUT2D eigenvalue weighted by atomic mass is 10.0. The summed E-state index contributed by atoms with van der Waals surface area (Å²) in [6.45, 7) is 1.22. The van der Waals surface area contributed by atoms with Crippen molar-refractivity contribution in [3.05, 3.63) is 94.3 Å². The van der Waals surface area contributed by atoms with E-state index in [1.54, 1.807) is 18.2 Å². The molecule has 0 bridgehead atoms. The maximum Gasteiger partial charge on any atom is 0.338 e. The second kappa shape index (κ2) is 10.3. The lowest BCUT2D eigenvalue weighted by Gasteiger charge is -2.12. The van der Waals surface area contributed by atoms with Crippen LogP contribution >= 0.6 is 11.6 Å². The fourth-order valence-corrected chi connectivity index (χ4v) is 3.42. The normalized spacial score (nSPS) is 12.0. The minimum atomic E-state index is -1.27. The number of nitrogens with one attached hydrogen (secondary N) is 1. The first-order chi connectivity index (χ1) is 14.4. The van der Waals surface area contributed by atoms with Gasteiger partial charge in [-0.15, -0.1) is 0 Å². The Balaban J connectivity index is 1.46. The van der Waals surface area contributed by atoms with E-state index in [1.165, 1.54) is 12.1 Å².